The van der Waals surface area contributed by atoms with Crippen LogP contribution in [-0.2, 0) is 0 Å². The minimum absolute atomic E-state index is 0.334. The summed E-state index contributed by atoms with van der Waals surface area (Å²) in [6.45, 7) is 9.09. The molecule has 0 aliphatic carbocycles. The van der Waals surface area contributed by atoms with Crippen molar-refractivity contribution in [3.63, 3.8) is 0 Å². The van der Waals surface area contributed by atoms with Crippen LogP contribution in [0.2, 0.25) is 0 Å². The highest BCUT2D eigenvalue weighted by Crippen LogP contribution is 2.25. The van der Waals surface area contributed by atoms with Crippen molar-refractivity contribution >= 4 is 0 Å². The van der Waals surface area contributed by atoms with E-state index in [9.17, 15) is 5.11 Å². The summed E-state index contributed by atoms with van der Waals surface area (Å²) in [4.78, 5) is 2.50. The van der Waals surface area contributed by atoms with E-state index in [1.54, 1.807) is 0 Å². The molecule has 0 amide bonds. The van der Waals surface area contributed by atoms with Crippen molar-refractivity contribution in [2.45, 2.75) is 26.3 Å². The quantitative estimate of drug-likeness (QED) is 0.802. The molecule has 1 heterocycles. The fourth-order valence-electron chi connectivity index (χ4n) is 3.27. The summed E-state index contributed by atoms with van der Waals surface area (Å²) < 4.78 is 0. The van der Waals surface area contributed by atoms with Gasteiger partial charge in [0, 0.05) is 25.7 Å². The van der Waals surface area contributed by atoms with Gasteiger partial charge in [-0.25, -0.2) is 0 Å². The molecule has 1 saturated heterocycles. The first-order valence-electron chi connectivity index (χ1n) is 7.86. The summed E-state index contributed by atoms with van der Waals surface area (Å²) in [5.41, 5.74) is 1.37. The molecule has 0 saturated carbocycles. The lowest BCUT2D eigenvalue weighted by atomic mass is 9.94. The minimum atomic E-state index is 0.334. The van der Waals surface area contributed by atoms with E-state index >= 15 is 0 Å². The van der Waals surface area contributed by atoms with Crippen LogP contribution in [0, 0.1) is 11.8 Å². The number of aliphatic hydroxyl groups excluding tert-OH is 1. The Labute approximate surface area is 123 Å². The van der Waals surface area contributed by atoms with Gasteiger partial charge in [-0.3, -0.25) is 0 Å². The largest absolute Gasteiger partial charge is 0.396 e. The number of nitrogens with zero attached hydrogens (tertiary/aromatic N) is 1. The maximum Gasteiger partial charge on any atom is 0.0471 e. The second kappa shape index (κ2) is 7.77. The highest BCUT2D eigenvalue weighted by molar-refractivity contribution is 5.19. The average Bonchev–Trinajstić information content (AvgIpc) is 2.93. The Morgan fingerprint density at radius 2 is 2.10 bits per heavy atom. The van der Waals surface area contributed by atoms with E-state index in [0.29, 0.717) is 24.5 Å². The van der Waals surface area contributed by atoms with E-state index in [1.807, 2.05) is 0 Å². The van der Waals surface area contributed by atoms with Crippen LogP contribution in [0.5, 0.6) is 0 Å². The van der Waals surface area contributed by atoms with Crippen molar-refractivity contribution in [2.24, 2.45) is 11.8 Å². The molecule has 1 aromatic rings. The molecule has 3 nitrogen and oxygen atoms in total. The summed E-state index contributed by atoms with van der Waals surface area (Å²) in [6, 6.07) is 11.1. The van der Waals surface area contributed by atoms with E-state index < -0.39 is 0 Å². The van der Waals surface area contributed by atoms with Gasteiger partial charge in [0.25, 0.3) is 0 Å². The molecule has 0 spiro atoms. The predicted molar refractivity (Wildman–Crippen MR) is 83.7 cm³/mol. The highest BCUT2D eigenvalue weighted by atomic mass is 16.3. The van der Waals surface area contributed by atoms with Gasteiger partial charge in [-0.2, -0.15) is 0 Å². The third-order valence-corrected chi connectivity index (χ3v) is 4.33. The van der Waals surface area contributed by atoms with Gasteiger partial charge in [0.05, 0.1) is 0 Å². The monoisotopic (exact) mass is 276 g/mol. The van der Waals surface area contributed by atoms with Crippen molar-refractivity contribution < 1.29 is 5.11 Å². The molecule has 1 aliphatic heterocycles. The number of likely N-dealkylation sites (tertiary alicyclic amines) is 1. The number of aliphatic hydroxyl groups is 1. The molecule has 3 atom stereocenters. The Hall–Kier alpha value is -0.900. The molecular weight excluding hydrogens is 248 g/mol. The molecule has 0 aromatic heterocycles. The molecule has 3 heteroatoms. The third-order valence-electron chi connectivity index (χ3n) is 4.33. The van der Waals surface area contributed by atoms with E-state index in [4.69, 9.17) is 0 Å². The normalized spacial score (nSPS) is 22.9. The Morgan fingerprint density at radius 1 is 1.35 bits per heavy atom. The van der Waals surface area contributed by atoms with Crippen molar-refractivity contribution in [1.82, 2.24) is 10.2 Å². The third kappa shape index (κ3) is 4.05. The van der Waals surface area contributed by atoms with Gasteiger partial charge in [0.1, 0.15) is 0 Å². The maximum atomic E-state index is 9.25. The van der Waals surface area contributed by atoms with Gasteiger partial charge in [0.2, 0.25) is 0 Å². The number of rotatable bonds is 7. The summed E-state index contributed by atoms with van der Waals surface area (Å²) in [7, 11) is 0. The first-order valence-corrected chi connectivity index (χ1v) is 7.86. The van der Waals surface area contributed by atoms with E-state index in [1.165, 1.54) is 5.56 Å². The van der Waals surface area contributed by atoms with Gasteiger partial charge in [-0.05, 0) is 36.9 Å². The molecule has 0 bridgehead atoms. The summed E-state index contributed by atoms with van der Waals surface area (Å²) in [6.07, 6.45) is 1.14. The van der Waals surface area contributed by atoms with Gasteiger partial charge >= 0.3 is 0 Å². The van der Waals surface area contributed by atoms with Gasteiger partial charge < -0.3 is 15.3 Å². The van der Waals surface area contributed by atoms with Gasteiger partial charge in [0.15, 0.2) is 0 Å². The number of nitrogens with one attached hydrogen (secondary N) is 1. The topological polar surface area (TPSA) is 35.5 Å². The molecule has 112 valence electrons. The second-order valence-electron chi connectivity index (χ2n) is 6.02. The molecule has 2 N–H and O–H groups in total. The first-order chi connectivity index (χ1) is 9.74. The molecule has 1 aromatic carbocycles. The molecule has 3 unspecified atom stereocenters. The van der Waals surface area contributed by atoms with Gasteiger partial charge in [-0.1, -0.05) is 44.2 Å². The zero-order valence-electron chi connectivity index (χ0n) is 12.8. The van der Waals surface area contributed by atoms with Crippen molar-refractivity contribution in [1.29, 1.82) is 0 Å². The lowest BCUT2D eigenvalue weighted by molar-refractivity contribution is 0.205. The number of hydrogen-bond donors (Lipinski definition) is 2. The second-order valence-corrected chi connectivity index (χ2v) is 6.02. The van der Waals surface area contributed by atoms with Crippen LogP contribution in [0.25, 0.3) is 0 Å². The highest BCUT2D eigenvalue weighted by Gasteiger charge is 2.26. The molecule has 1 aliphatic rings. The molecule has 1 fully saturated rings. The van der Waals surface area contributed by atoms with Crippen LogP contribution in [0.3, 0.4) is 0 Å². The summed E-state index contributed by atoms with van der Waals surface area (Å²) in [5.74, 6) is 1.05. The Balaban J connectivity index is 1.95. The maximum absolute atomic E-state index is 9.25. The predicted octanol–water partition coefficient (Wildman–Crippen LogP) is 2.29. The number of benzene rings is 1. The molecule has 2 rings (SSSR count). The van der Waals surface area contributed by atoms with Crippen LogP contribution in [0.1, 0.15) is 31.9 Å². The summed E-state index contributed by atoms with van der Waals surface area (Å²) in [5, 5.41) is 12.9. The smallest absolute Gasteiger partial charge is 0.0471 e. The first kappa shape index (κ1) is 15.5. The van der Waals surface area contributed by atoms with Gasteiger partial charge in [-0.15, -0.1) is 0 Å². The zero-order valence-corrected chi connectivity index (χ0v) is 12.8. The Kier molecular flexibility index (Phi) is 6.02. The summed E-state index contributed by atoms with van der Waals surface area (Å²) >= 11 is 0. The fourth-order valence-corrected chi connectivity index (χ4v) is 3.27. The van der Waals surface area contributed by atoms with Crippen molar-refractivity contribution in [3.8, 4) is 0 Å². The van der Waals surface area contributed by atoms with E-state index in [2.05, 4.69) is 54.4 Å². The van der Waals surface area contributed by atoms with Crippen molar-refractivity contribution in [2.75, 3.05) is 32.8 Å². The van der Waals surface area contributed by atoms with Crippen LogP contribution in [-0.4, -0.2) is 42.8 Å². The van der Waals surface area contributed by atoms with Crippen LogP contribution in [0.15, 0.2) is 30.3 Å². The minimum Gasteiger partial charge on any atom is -0.396 e. The molecular formula is C17H28N2O. The Bertz CT molecular complexity index is 382. The van der Waals surface area contributed by atoms with Crippen molar-refractivity contribution in [3.05, 3.63) is 35.9 Å². The van der Waals surface area contributed by atoms with Crippen LogP contribution < -0.4 is 5.32 Å². The SMILES string of the molecule is CCNC(c1ccccc1)C(C)CN1CCC(CO)C1. The standard InChI is InChI=1S/C17H28N2O/c1-3-18-17(16-7-5-4-6-8-16)14(2)11-19-10-9-15(12-19)13-20/h4-8,14-15,17-18,20H,3,9-13H2,1-2H3. The Morgan fingerprint density at radius 3 is 2.70 bits per heavy atom. The fraction of sp³-hybridized carbons (Fsp3) is 0.647. The molecule has 20 heavy (non-hydrogen) atoms. The van der Waals surface area contributed by atoms with Crippen LogP contribution in [0.4, 0.5) is 0 Å². The van der Waals surface area contributed by atoms with E-state index in [0.717, 1.165) is 32.6 Å². The number of hydrogen-bond acceptors (Lipinski definition) is 3. The lowest BCUT2D eigenvalue weighted by Gasteiger charge is -2.29. The lowest BCUT2D eigenvalue weighted by Crippen LogP contribution is -2.35. The zero-order chi connectivity index (χ0) is 14.4. The van der Waals surface area contributed by atoms with Crippen LogP contribution >= 0.6 is 0 Å². The molecule has 0 radical (unpaired) electrons. The van der Waals surface area contributed by atoms with E-state index in [-0.39, 0.29) is 0 Å². The average molecular weight is 276 g/mol.